The maximum absolute atomic E-state index is 11.2. The van der Waals surface area contributed by atoms with Crippen LogP contribution in [0.3, 0.4) is 0 Å². The third-order valence-electron chi connectivity index (χ3n) is 1.43. The first-order valence-electron chi connectivity index (χ1n) is 3.80. The summed E-state index contributed by atoms with van der Waals surface area (Å²) in [5, 5.41) is 1.91. The van der Waals surface area contributed by atoms with E-state index in [4.69, 9.17) is 11.6 Å². The van der Waals surface area contributed by atoms with Crippen molar-refractivity contribution in [1.82, 2.24) is 4.72 Å². The van der Waals surface area contributed by atoms with Gasteiger partial charge in [0.05, 0.1) is 5.75 Å². The van der Waals surface area contributed by atoms with Crippen LogP contribution in [0.25, 0.3) is 0 Å². The molecule has 0 saturated carbocycles. The number of sulfonamides is 1. The lowest BCUT2D eigenvalue weighted by Gasteiger charge is -2.02. The first-order valence-corrected chi connectivity index (χ1v) is 7.65. The summed E-state index contributed by atoms with van der Waals surface area (Å²) >= 11 is 10.1. The molecule has 0 unspecified atom stereocenters. The molecule has 0 radical (unpaired) electrons. The smallest absolute Gasteiger partial charge is 0.212 e. The highest BCUT2D eigenvalue weighted by molar-refractivity contribution is 9.10. The van der Waals surface area contributed by atoms with Gasteiger partial charge in [0.2, 0.25) is 10.0 Å². The standard InChI is InChI=1S/C7H9BrClNO2S2/c8-6-3-7(13-5-6)4-10-14(11,12)2-1-9/h3,5,10H,1-2,4H2. The molecule has 1 aromatic rings. The first kappa shape index (κ1) is 12.4. The molecule has 3 nitrogen and oxygen atoms in total. The Kier molecular flexibility index (Phi) is 4.86. The summed E-state index contributed by atoms with van der Waals surface area (Å²) in [7, 11) is -3.21. The average molecular weight is 319 g/mol. The highest BCUT2D eigenvalue weighted by atomic mass is 79.9. The zero-order chi connectivity index (χ0) is 10.6. The van der Waals surface area contributed by atoms with E-state index in [1.54, 1.807) is 0 Å². The van der Waals surface area contributed by atoms with E-state index in [1.165, 1.54) is 11.3 Å². The van der Waals surface area contributed by atoms with Crippen molar-refractivity contribution in [2.45, 2.75) is 6.54 Å². The molecule has 1 N–H and O–H groups in total. The van der Waals surface area contributed by atoms with Gasteiger partial charge in [-0.3, -0.25) is 0 Å². The SMILES string of the molecule is O=S(=O)(CCCl)NCc1cc(Br)cs1. The molecule has 1 rings (SSSR count). The van der Waals surface area contributed by atoms with Gasteiger partial charge in [0, 0.05) is 27.2 Å². The van der Waals surface area contributed by atoms with E-state index in [-0.39, 0.29) is 11.6 Å². The molecule has 0 saturated heterocycles. The maximum atomic E-state index is 11.2. The second kappa shape index (κ2) is 5.46. The van der Waals surface area contributed by atoms with E-state index in [2.05, 4.69) is 20.7 Å². The topological polar surface area (TPSA) is 46.2 Å². The number of halogens is 2. The van der Waals surface area contributed by atoms with Crippen molar-refractivity contribution in [3.05, 3.63) is 20.8 Å². The van der Waals surface area contributed by atoms with Crippen molar-refractivity contribution >= 4 is 48.9 Å². The molecule has 0 fully saturated rings. The van der Waals surface area contributed by atoms with Crippen LogP contribution in [0, 0.1) is 0 Å². The van der Waals surface area contributed by atoms with Gasteiger partial charge >= 0.3 is 0 Å². The van der Waals surface area contributed by atoms with Crippen LogP contribution < -0.4 is 4.72 Å². The summed E-state index contributed by atoms with van der Waals surface area (Å²) in [6, 6.07) is 1.88. The van der Waals surface area contributed by atoms with Gasteiger partial charge in [0.15, 0.2) is 0 Å². The quantitative estimate of drug-likeness (QED) is 0.846. The van der Waals surface area contributed by atoms with E-state index in [9.17, 15) is 8.42 Å². The van der Waals surface area contributed by atoms with Gasteiger partial charge in [0.1, 0.15) is 0 Å². The number of nitrogens with one attached hydrogen (secondary N) is 1. The number of hydrogen-bond acceptors (Lipinski definition) is 3. The number of rotatable bonds is 5. The minimum atomic E-state index is -3.21. The number of hydrogen-bond donors (Lipinski definition) is 1. The van der Waals surface area contributed by atoms with E-state index in [0.717, 1.165) is 9.35 Å². The van der Waals surface area contributed by atoms with Crippen molar-refractivity contribution in [3.8, 4) is 0 Å². The summed E-state index contributed by atoms with van der Waals surface area (Å²) in [4.78, 5) is 0.968. The fourth-order valence-electron chi connectivity index (χ4n) is 0.801. The minimum Gasteiger partial charge on any atom is -0.212 e. The molecule has 1 aromatic heterocycles. The fourth-order valence-corrected chi connectivity index (χ4v) is 3.62. The average Bonchev–Trinajstić information content (AvgIpc) is 2.48. The monoisotopic (exact) mass is 317 g/mol. The molecule has 14 heavy (non-hydrogen) atoms. The van der Waals surface area contributed by atoms with E-state index in [1.807, 2.05) is 11.4 Å². The third kappa shape index (κ3) is 4.27. The van der Waals surface area contributed by atoms with Crippen LogP contribution in [0.1, 0.15) is 4.88 Å². The van der Waals surface area contributed by atoms with Gasteiger partial charge in [-0.1, -0.05) is 0 Å². The van der Waals surface area contributed by atoms with Crippen molar-refractivity contribution < 1.29 is 8.42 Å². The molecule has 80 valence electrons. The Morgan fingerprint density at radius 1 is 1.57 bits per heavy atom. The third-order valence-corrected chi connectivity index (χ3v) is 4.87. The lowest BCUT2D eigenvalue weighted by Crippen LogP contribution is -2.26. The van der Waals surface area contributed by atoms with Crippen molar-refractivity contribution in [2.24, 2.45) is 0 Å². The summed E-state index contributed by atoms with van der Waals surface area (Å²) in [5.74, 6) is 0.0740. The van der Waals surface area contributed by atoms with E-state index >= 15 is 0 Å². The Labute approximate surface area is 101 Å². The van der Waals surface area contributed by atoms with Gasteiger partial charge < -0.3 is 0 Å². The van der Waals surface area contributed by atoms with Crippen LogP contribution in [0.5, 0.6) is 0 Å². The highest BCUT2D eigenvalue weighted by Crippen LogP contribution is 2.19. The number of thiophene rings is 1. The highest BCUT2D eigenvalue weighted by Gasteiger charge is 2.09. The molecule has 0 aliphatic heterocycles. The van der Waals surface area contributed by atoms with Crippen LogP contribution in [-0.4, -0.2) is 20.1 Å². The molecule has 0 aliphatic rings. The first-order chi connectivity index (χ1) is 6.53. The maximum Gasteiger partial charge on any atom is 0.213 e. The van der Waals surface area contributed by atoms with Crippen molar-refractivity contribution in [2.75, 3.05) is 11.6 Å². The molecule has 0 amide bonds. The van der Waals surface area contributed by atoms with Crippen LogP contribution in [0.4, 0.5) is 0 Å². The molecule has 0 aromatic carbocycles. The second-order valence-corrected chi connectivity index (χ2v) is 6.78. The molecule has 0 aliphatic carbocycles. The second-order valence-electron chi connectivity index (χ2n) is 2.56. The van der Waals surface area contributed by atoms with Crippen molar-refractivity contribution in [1.29, 1.82) is 0 Å². The van der Waals surface area contributed by atoms with Crippen molar-refractivity contribution in [3.63, 3.8) is 0 Å². The van der Waals surface area contributed by atoms with E-state index < -0.39 is 10.0 Å². The molecular weight excluding hydrogens is 310 g/mol. The van der Waals surface area contributed by atoms with Crippen LogP contribution >= 0.6 is 38.9 Å². The van der Waals surface area contributed by atoms with Gasteiger partial charge in [-0.2, -0.15) is 0 Å². The summed E-state index contributed by atoms with van der Waals surface area (Å²) in [5.41, 5.74) is 0. The zero-order valence-electron chi connectivity index (χ0n) is 7.16. The molecule has 0 spiro atoms. The van der Waals surface area contributed by atoms with Crippen LogP contribution in [0.2, 0.25) is 0 Å². The molecular formula is C7H9BrClNO2S2. The summed E-state index contributed by atoms with van der Waals surface area (Å²) in [6.07, 6.45) is 0. The molecule has 1 heterocycles. The Morgan fingerprint density at radius 2 is 2.29 bits per heavy atom. The van der Waals surface area contributed by atoms with Gasteiger partial charge in [-0.05, 0) is 22.0 Å². The minimum absolute atomic E-state index is 0.0406. The molecule has 0 bridgehead atoms. The van der Waals surface area contributed by atoms with Crippen LogP contribution in [0.15, 0.2) is 15.9 Å². The Hall–Kier alpha value is 0.380. The summed E-state index contributed by atoms with van der Waals surface area (Å²) in [6.45, 7) is 0.329. The molecule has 7 heteroatoms. The van der Waals surface area contributed by atoms with Crippen LogP contribution in [-0.2, 0) is 16.6 Å². The Balaban J connectivity index is 2.48. The predicted octanol–water partition coefficient (Wildman–Crippen LogP) is 2.17. The van der Waals surface area contributed by atoms with Gasteiger partial charge in [-0.15, -0.1) is 22.9 Å². The van der Waals surface area contributed by atoms with Gasteiger partial charge in [-0.25, -0.2) is 13.1 Å². The lowest BCUT2D eigenvalue weighted by atomic mass is 10.5. The summed E-state index contributed by atoms with van der Waals surface area (Å²) < 4.78 is 25.8. The van der Waals surface area contributed by atoms with E-state index in [0.29, 0.717) is 6.54 Å². The fraction of sp³-hybridized carbons (Fsp3) is 0.429. The largest absolute Gasteiger partial charge is 0.213 e. The number of alkyl halides is 1. The Morgan fingerprint density at radius 3 is 2.79 bits per heavy atom. The predicted molar refractivity (Wildman–Crippen MR) is 63.4 cm³/mol. The lowest BCUT2D eigenvalue weighted by molar-refractivity contribution is 0.583. The molecule has 0 atom stereocenters. The normalized spacial score (nSPS) is 11.9. The van der Waals surface area contributed by atoms with Gasteiger partial charge in [0.25, 0.3) is 0 Å². The Bertz CT molecular complexity index is 390. The zero-order valence-corrected chi connectivity index (χ0v) is 11.1.